The summed E-state index contributed by atoms with van der Waals surface area (Å²) < 4.78 is 24.7. The molecule has 2 aromatic rings. The molecule has 2 rings (SSSR count). The van der Waals surface area contributed by atoms with Crippen LogP contribution in [-0.4, -0.2) is 8.42 Å². The van der Waals surface area contributed by atoms with E-state index in [2.05, 4.69) is 5.32 Å². The molecule has 0 saturated heterocycles. The zero-order chi connectivity index (χ0) is 16.2. The van der Waals surface area contributed by atoms with Crippen molar-refractivity contribution in [3.8, 4) is 6.07 Å². The summed E-state index contributed by atoms with van der Waals surface area (Å²) in [5.41, 5.74) is 0.614. The predicted molar refractivity (Wildman–Crippen MR) is 87.4 cm³/mol. The number of hydrogen-bond acceptors (Lipinski definition) is 4. The van der Waals surface area contributed by atoms with Gasteiger partial charge in [-0.05, 0) is 48.5 Å². The number of allylic oxidation sites excluding steroid dienone is 1. The summed E-state index contributed by atoms with van der Waals surface area (Å²) in [6, 6.07) is 13.9. The minimum Gasteiger partial charge on any atom is -0.360 e. The summed E-state index contributed by atoms with van der Waals surface area (Å²) in [6.45, 7) is 0. The number of anilines is 1. The van der Waals surface area contributed by atoms with Crippen molar-refractivity contribution in [2.45, 2.75) is 4.90 Å². The van der Waals surface area contributed by atoms with E-state index in [0.29, 0.717) is 15.7 Å². The molecule has 2 aromatic carbocycles. The highest BCUT2D eigenvalue weighted by Crippen LogP contribution is 2.21. The summed E-state index contributed by atoms with van der Waals surface area (Å²) in [6.07, 6.45) is 1.15. The molecule has 0 fully saturated rings. The lowest BCUT2D eigenvalue weighted by atomic mass is 10.3. The molecule has 0 aliphatic heterocycles. The third-order valence-corrected chi connectivity index (χ3v) is 4.92. The number of nitrogens with one attached hydrogen (secondary N) is 1. The smallest absolute Gasteiger partial charge is 0.218 e. The van der Waals surface area contributed by atoms with Gasteiger partial charge in [0.15, 0.2) is 4.91 Å². The molecule has 0 radical (unpaired) electrons. The van der Waals surface area contributed by atoms with E-state index in [1.54, 1.807) is 30.3 Å². The van der Waals surface area contributed by atoms with Crippen molar-refractivity contribution in [1.29, 1.82) is 5.26 Å². The summed E-state index contributed by atoms with van der Waals surface area (Å²) in [5.74, 6) is 0. The van der Waals surface area contributed by atoms with Gasteiger partial charge in [0, 0.05) is 21.9 Å². The second kappa shape index (κ2) is 6.84. The van der Waals surface area contributed by atoms with Gasteiger partial charge < -0.3 is 5.32 Å². The first-order chi connectivity index (χ1) is 10.4. The fourth-order valence-electron chi connectivity index (χ4n) is 1.61. The zero-order valence-electron chi connectivity index (χ0n) is 11.1. The molecular weight excluding hydrogens is 343 g/mol. The fourth-order valence-corrected chi connectivity index (χ4v) is 2.94. The number of rotatable bonds is 4. The van der Waals surface area contributed by atoms with Gasteiger partial charge >= 0.3 is 0 Å². The topological polar surface area (TPSA) is 70.0 Å². The molecule has 1 N–H and O–H groups in total. The van der Waals surface area contributed by atoms with Crippen molar-refractivity contribution >= 4 is 38.7 Å². The van der Waals surface area contributed by atoms with E-state index in [4.69, 9.17) is 28.5 Å². The zero-order valence-corrected chi connectivity index (χ0v) is 13.5. The van der Waals surface area contributed by atoms with Gasteiger partial charge in [-0.2, -0.15) is 5.26 Å². The van der Waals surface area contributed by atoms with Crippen LogP contribution in [-0.2, 0) is 9.84 Å². The van der Waals surface area contributed by atoms with Gasteiger partial charge in [0.1, 0.15) is 6.07 Å². The fraction of sp³-hybridized carbons (Fsp3) is 0. The average Bonchev–Trinajstić information content (AvgIpc) is 2.50. The van der Waals surface area contributed by atoms with Gasteiger partial charge in [-0.15, -0.1) is 0 Å². The molecule has 0 saturated carbocycles. The maximum Gasteiger partial charge on any atom is 0.218 e. The van der Waals surface area contributed by atoms with E-state index in [1.165, 1.54) is 24.3 Å². The van der Waals surface area contributed by atoms with Crippen LogP contribution in [0.25, 0.3) is 0 Å². The molecule has 0 aromatic heterocycles. The molecule has 22 heavy (non-hydrogen) atoms. The van der Waals surface area contributed by atoms with Crippen molar-refractivity contribution in [2.75, 3.05) is 5.32 Å². The number of nitrogens with zero attached hydrogens (tertiary/aromatic N) is 1. The van der Waals surface area contributed by atoms with E-state index in [1.807, 2.05) is 0 Å². The molecule has 7 heteroatoms. The van der Waals surface area contributed by atoms with Gasteiger partial charge in [-0.25, -0.2) is 8.42 Å². The van der Waals surface area contributed by atoms with Gasteiger partial charge in [-0.3, -0.25) is 0 Å². The lowest BCUT2D eigenvalue weighted by Gasteiger charge is -2.05. The van der Waals surface area contributed by atoms with Gasteiger partial charge in [0.25, 0.3) is 0 Å². The Morgan fingerprint density at radius 3 is 2.00 bits per heavy atom. The Balaban J connectivity index is 2.30. The molecule has 0 aliphatic rings. The Bertz CT molecular complexity index is 837. The lowest BCUT2D eigenvalue weighted by molar-refractivity contribution is 0.603. The molecule has 0 aliphatic carbocycles. The molecular formula is C15H10Cl2N2O2S. The molecule has 0 spiro atoms. The molecule has 0 heterocycles. The minimum absolute atomic E-state index is 0.00241. The Morgan fingerprint density at radius 1 is 1.00 bits per heavy atom. The van der Waals surface area contributed by atoms with E-state index >= 15 is 0 Å². The number of halogens is 2. The summed E-state index contributed by atoms with van der Waals surface area (Å²) in [5, 5.41) is 12.9. The quantitative estimate of drug-likeness (QED) is 0.835. The van der Waals surface area contributed by atoms with E-state index in [9.17, 15) is 8.42 Å². The van der Waals surface area contributed by atoms with Crippen LogP contribution < -0.4 is 5.32 Å². The van der Waals surface area contributed by atoms with Crippen LogP contribution in [0.2, 0.25) is 10.0 Å². The molecule has 0 unspecified atom stereocenters. The Labute approximate surface area is 138 Å². The van der Waals surface area contributed by atoms with Crippen molar-refractivity contribution in [3.05, 3.63) is 69.7 Å². The second-order valence-electron chi connectivity index (χ2n) is 4.23. The summed E-state index contributed by atoms with van der Waals surface area (Å²) in [4.78, 5) is -0.396. The number of benzene rings is 2. The average molecular weight is 353 g/mol. The number of nitriles is 1. The third kappa shape index (κ3) is 3.80. The largest absolute Gasteiger partial charge is 0.360 e. The third-order valence-electron chi connectivity index (χ3n) is 2.74. The van der Waals surface area contributed by atoms with Crippen molar-refractivity contribution in [1.82, 2.24) is 0 Å². The van der Waals surface area contributed by atoms with Crippen LogP contribution in [0.3, 0.4) is 0 Å². The van der Waals surface area contributed by atoms with Crippen molar-refractivity contribution in [3.63, 3.8) is 0 Å². The van der Waals surface area contributed by atoms with Crippen LogP contribution in [0.4, 0.5) is 5.69 Å². The van der Waals surface area contributed by atoms with Crippen LogP contribution >= 0.6 is 23.2 Å². The molecule has 0 bridgehead atoms. The molecule has 112 valence electrons. The first kappa shape index (κ1) is 16.4. The molecule has 0 amide bonds. The SMILES string of the molecule is N#C/C(=C/Nc1ccc(Cl)cc1)S(=O)(=O)c1ccc(Cl)cc1. The predicted octanol–water partition coefficient (Wildman–Crippen LogP) is 4.24. The Kier molecular flexibility index (Phi) is 5.09. The van der Waals surface area contributed by atoms with Gasteiger partial charge in [-0.1, -0.05) is 23.2 Å². The van der Waals surface area contributed by atoms with Crippen LogP contribution in [0.5, 0.6) is 0 Å². The normalized spacial score (nSPS) is 11.8. The van der Waals surface area contributed by atoms with Crippen molar-refractivity contribution < 1.29 is 8.42 Å². The monoisotopic (exact) mass is 352 g/mol. The van der Waals surface area contributed by atoms with Crippen LogP contribution in [0.15, 0.2) is 64.5 Å². The van der Waals surface area contributed by atoms with Crippen molar-refractivity contribution in [2.24, 2.45) is 0 Å². The number of sulfone groups is 1. The lowest BCUT2D eigenvalue weighted by Crippen LogP contribution is -2.05. The Morgan fingerprint density at radius 2 is 1.50 bits per heavy atom. The first-order valence-corrected chi connectivity index (χ1v) is 8.30. The summed E-state index contributed by atoms with van der Waals surface area (Å²) >= 11 is 11.5. The van der Waals surface area contributed by atoms with E-state index in [0.717, 1.165) is 6.20 Å². The van der Waals surface area contributed by atoms with Gasteiger partial charge in [0.05, 0.1) is 4.90 Å². The van der Waals surface area contributed by atoms with E-state index < -0.39 is 14.7 Å². The van der Waals surface area contributed by atoms with E-state index in [-0.39, 0.29) is 4.90 Å². The minimum atomic E-state index is -3.89. The standard InChI is InChI=1S/C15H10Cl2N2O2S/c16-11-1-5-13(6-2-11)19-10-15(9-18)22(20,21)14-7-3-12(17)4-8-14/h1-8,10,19H/b15-10-. The summed E-state index contributed by atoms with van der Waals surface area (Å²) in [7, 11) is -3.89. The van der Waals surface area contributed by atoms with Crippen LogP contribution in [0.1, 0.15) is 0 Å². The first-order valence-electron chi connectivity index (χ1n) is 6.06. The second-order valence-corrected chi connectivity index (χ2v) is 7.02. The highest BCUT2D eigenvalue weighted by molar-refractivity contribution is 7.95. The van der Waals surface area contributed by atoms with Crippen LogP contribution in [0, 0.1) is 11.3 Å². The molecule has 4 nitrogen and oxygen atoms in total. The Hall–Kier alpha value is -2.00. The maximum atomic E-state index is 12.4. The molecule has 0 atom stereocenters. The number of hydrogen-bond donors (Lipinski definition) is 1. The highest BCUT2D eigenvalue weighted by atomic mass is 35.5. The maximum absolute atomic E-state index is 12.4. The highest BCUT2D eigenvalue weighted by Gasteiger charge is 2.20. The van der Waals surface area contributed by atoms with Gasteiger partial charge in [0.2, 0.25) is 9.84 Å².